The van der Waals surface area contributed by atoms with Crippen molar-refractivity contribution in [3.8, 4) is 5.75 Å². The van der Waals surface area contributed by atoms with E-state index in [1.807, 2.05) is 24.3 Å². The summed E-state index contributed by atoms with van der Waals surface area (Å²) in [6, 6.07) is 12.8. The summed E-state index contributed by atoms with van der Waals surface area (Å²) in [7, 11) is -1.97. The molecule has 178 valence electrons. The number of carbonyl (C=O) groups excluding carboxylic acids is 1. The molecule has 1 amide bonds. The molecule has 0 atom stereocenters. The third-order valence-corrected chi connectivity index (χ3v) is 8.37. The van der Waals surface area contributed by atoms with Crippen LogP contribution < -0.4 is 15.0 Å². The van der Waals surface area contributed by atoms with E-state index in [1.165, 1.54) is 0 Å². The number of hydrogen-bond acceptors (Lipinski definition) is 5. The van der Waals surface area contributed by atoms with E-state index in [1.54, 1.807) is 29.6 Å². The number of carbonyl (C=O) groups is 1. The first-order valence-electron chi connectivity index (χ1n) is 11.8. The molecule has 2 heterocycles. The molecule has 4 rings (SSSR count). The lowest BCUT2D eigenvalue weighted by Gasteiger charge is -2.27. The Morgan fingerprint density at radius 3 is 2.27 bits per heavy atom. The van der Waals surface area contributed by atoms with E-state index in [2.05, 4.69) is 10.2 Å². The quantitative estimate of drug-likeness (QED) is 0.638. The van der Waals surface area contributed by atoms with Gasteiger partial charge in [0.15, 0.2) is 0 Å². The third-order valence-electron chi connectivity index (χ3n) is 6.47. The number of nitrogens with one attached hydrogen (secondary N) is 1. The number of ether oxygens (including phenoxy) is 1. The van der Waals surface area contributed by atoms with Crippen LogP contribution in [0.2, 0.25) is 0 Å². The fourth-order valence-electron chi connectivity index (χ4n) is 4.55. The number of hydrogen-bond donors (Lipinski definition) is 1. The van der Waals surface area contributed by atoms with Gasteiger partial charge in [-0.2, -0.15) is 4.31 Å². The Morgan fingerprint density at radius 1 is 0.939 bits per heavy atom. The molecule has 2 aromatic rings. The monoisotopic (exact) mass is 471 g/mol. The van der Waals surface area contributed by atoms with Crippen molar-refractivity contribution >= 4 is 21.6 Å². The van der Waals surface area contributed by atoms with Crippen LogP contribution in [0.15, 0.2) is 47.4 Å². The fraction of sp³-hybridized carbons (Fsp3) is 0.480. The molecule has 2 saturated heterocycles. The maximum atomic E-state index is 13.2. The van der Waals surface area contributed by atoms with Gasteiger partial charge in [0, 0.05) is 38.4 Å². The molecule has 1 N–H and O–H groups in total. The van der Waals surface area contributed by atoms with E-state index < -0.39 is 10.0 Å². The Bertz CT molecular complexity index is 1060. The van der Waals surface area contributed by atoms with Gasteiger partial charge in [-0.05, 0) is 68.0 Å². The fourth-order valence-corrected chi connectivity index (χ4v) is 6.10. The van der Waals surface area contributed by atoms with Crippen LogP contribution in [0.3, 0.4) is 0 Å². The van der Waals surface area contributed by atoms with Crippen LogP contribution in [0.4, 0.5) is 5.69 Å². The molecular formula is C25H33N3O4S. The number of methoxy groups -OCH3 is 1. The summed E-state index contributed by atoms with van der Waals surface area (Å²) in [6.45, 7) is 3.31. The Balaban J connectivity index is 1.53. The van der Waals surface area contributed by atoms with Gasteiger partial charge < -0.3 is 15.0 Å². The number of benzene rings is 2. The van der Waals surface area contributed by atoms with Crippen LogP contribution in [0, 0.1) is 0 Å². The molecule has 0 bridgehead atoms. The van der Waals surface area contributed by atoms with Crippen LogP contribution in [0.25, 0.3) is 0 Å². The average molecular weight is 472 g/mol. The molecule has 33 heavy (non-hydrogen) atoms. The second-order valence-electron chi connectivity index (χ2n) is 8.69. The Morgan fingerprint density at radius 2 is 1.61 bits per heavy atom. The highest BCUT2D eigenvalue weighted by molar-refractivity contribution is 7.89. The highest BCUT2D eigenvalue weighted by Gasteiger charge is 2.28. The lowest BCUT2D eigenvalue weighted by Crippen LogP contribution is -2.36. The molecule has 0 unspecified atom stereocenters. The van der Waals surface area contributed by atoms with Crippen LogP contribution in [0.5, 0.6) is 5.75 Å². The van der Waals surface area contributed by atoms with Gasteiger partial charge in [-0.3, -0.25) is 4.79 Å². The number of sulfonamides is 1. The van der Waals surface area contributed by atoms with Crippen LogP contribution in [0.1, 0.15) is 48.0 Å². The zero-order valence-corrected chi connectivity index (χ0v) is 20.1. The summed E-state index contributed by atoms with van der Waals surface area (Å²) in [5, 5.41) is 2.99. The Labute approximate surface area is 196 Å². The standard InChI is InChI=1S/C25H33N3O4S/c1-32-21-9-7-20(8-10-21)13-14-26-25(29)23-19-22(11-12-24(23)27-15-5-6-16-27)33(30,31)28-17-3-2-4-18-28/h7-12,19H,2-6,13-18H2,1H3,(H,26,29). The molecule has 2 fully saturated rings. The van der Waals surface area contributed by atoms with Crippen molar-refractivity contribution in [1.29, 1.82) is 0 Å². The van der Waals surface area contributed by atoms with Gasteiger partial charge in [-0.15, -0.1) is 0 Å². The molecule has 2 aliphatic heterocycles. The van der Waals surface area contributed by atoms with E-state index in [0.29, 0.717) is 31.6 Å². The number of piperidine rings is 1. The molecule has 0 saturated carbocycles. The molecule has 7 nitrogen and oxygen atoms in total. The molecule has 2 aromatic carbocycles. The van der Waals surface area contributed by atoms with E-state index in [0.717, 1.165) is 62.2 Å². The minimum absolute atomic E-state index is 0.202. The van der Waals surface area contributed by atoms with Crippen molar-refractivity contribution in [2.24, 2.45) is 0 Å². The van der Waals surface area contributed by atoms with Crippen LogP contribution in [-0.4, -0.2) is 58.5 Å². The maximum absolute atomic E-state index is 13.2. The van der Waals surface area contributed by atoms with E-state index >= 15 is 0 Å². The van der Waals surface area contributed by atoms with E-state index in [9.17, 15) is 13.2 Å². The number of amides is 1. The zero-order chi connectivity index (χ0) is 23.3. The topological polar surface area (TPSA) is 78.9 Å². The summed E-state index contributed by atoms with van der Waals surface area (Å²) in [6.07, 6.45) is 5.65. The molecule has 0 radical (unpaired) electrons. The third kappa shape index (κ3) is 5.50. The second kappa shape index (κ2) is 10.6. The van der Waals surface area contributed by atoms with Crippen molar-refractivity contribution in [2.45, 2.75) is 43.4 Å². The van der Waals surface area contributed by atoms with Gasteiger partial charge in [0.25, 0.3) is 5.91 Å². The van der Waals surface area contributed by atoms with Crippen LogP contribution in [-0.2, 0) is 16.4 Å². The first kappa shape index (κ1) is 23.6. The molecular weight excluding hydrogens is 438 g/mol. The van der Waals surface area contributed by atoms with Crippen molar-refractivity contribution in [3.63, 3.8) is 0 Å². The Kier molecular flexibility index (Phi) is 7.55. The summed E-state index contributed by atoms with van der Waals surface area (Å²) >= 11 is 0. The molecule has 8 heteroatoms. The molecule has 0 aliphatic carbocycles. The first-order valence-corrected chi connectivity index (χ1v) is 13.2. The molecule has 0 spiro atoms. The van der Waals surface area contributed by atoms with E-state index in [-0.39, 0.29) is 10.8 Å². The lowest BCUT2D eigenvalue weighted by atomic mass is 10.1. The van der Waals surface area contributed by atoms with Crippen molar-refractivity contribution < 1.29 is 17.9 Å². The highest BCUT2D eigenvalue weighted by atomic mass is 32.2. The zero-order valence-electron chi connectivity index (χ0n) is 19.3. The van der Waals surface area contributed by atoms with Gasteiger partial charge in [0.2, 0.25) is 10.0 Å². The largest absolute Gasteiger partial charge is 0.497 e. The van der Waals surface area contributed by atoms with Crippen molar-refractivity contribution in [2.75, 3.05) is 44.7 Å². The summed E-state index contributed by atoms with van der Waals surface area (Å²) in [5.41, 5.74) is 2.34. The summed E-state index contributed by atoms with van der Waals surface area (Å²) in [4.78, 5) is 15.6. The second-order valence-corrected chi connectivity index (χ2v) is 10.6. The summed E-state index contributed by atoms with van der Waals surface area (Å²) < 4.78 is 33.2. The normalized spacial score (nSPS) is 17.2. The minimum Gasteiger partial charge on any atom is -0.497 e. The predicted octanol–water partition coefficient (Wildman–Crippen LogP) is 3.44. The SMILES string of the molecule is COc1ccc(CCNC(=O)c2cc(S(=O)(=O)N3CCCCC3)ccc2N2CCCC2)cc1. The van der Waals surface area contributed by atoms with Gasteiger partial charge in [-0.1, -0.05) is 18.6 Å². The van der Waals surface area contributed by atoms with Crippen molar-refractivity contribution in [3.05, 3.63) is 53.6 Å². The Hall–Kier alpha value is -2.58. The van der Waals surface area contributed by atoms with Crippen LogP contribution >= 0.6 is 0 Å². The first-order chi connectivity index (χ1) is 16.0. The maximum Gasteiger partial charge on any atom is 0.253 e. The number of rotatable bonds is 8. The van der Waals surface area contributed by atoms with Gasteiger partial charge in [-0.25, -0.2) is 8.42 Å². The average Bonchev–Trinajstić information content (AvgIpc) is 3.39. The highest BCUT2D eigenvalue weighted by Crippen LogP contribution is 2.29. The summed E-state index contributed by atoms with van der Waals surface area (Å²) in [5.74, 6) is 0.561. The van der Waals surface area contributed by atoms with E-state index in [4.69, 9.17) is 4.74 Å². The molecule has 2 aliphatic rings. The van der Waals surface area contributed by atoms with Gasteiger partial charge >= 0.3 is 0 Å². The van der Waals surface area contributed by atoms with Crippen molar-refractivity contribution in [1.82, 2.24) is 9.62 Å². The predicted molar refractivity (Wildman–Crippen MR) is 130 cm³/mol. The lowest BCUT2D eigenvalue weighted by molar-refractivity contribution is 0.0954. The number of nitrogens with zero attached hydrogens (tertiary/aromatic N) is 2. The minimum atomic E-state index is -3.61. The number of anilines is 1. The van der Waals surface area contributed by atoms with Gasteiger partial charge in [0.1, 0.15) is 5.75 Å². The smallest absolute Gasteiger partial charge is 0.253 e. The molecule has 0 aromatic heterocycles. The van der Waals surface area contributed by atoms with Gasteiger partial charge in [0.05, 0.1) is 17.6 Å².